The molecule has 1 heterocycles. The van der Waals surface area contributed by atoms with Gasteiger partial charge in [-0.05, 0) is 23.1 Å². The summed E-state index contributed by atoms with van der Waals surface area (Å²) in [5.41, 5.74) is 2.26. The number of nitrogens with one attached hydrogen (secondary N) is 1. The van der Waals surface area contributed by atoms with Crippen LogP contribution in [0.2, 0.25) is 0 Å². The normalized spacial score (nSPS) is 11.2. The van der Waals surface area contributed by atoms with Crippen LogP contribution in [0.25, 0.3) is 0 Å². The fourth-order valence-corrected chi connectivity index (χ4v) is 1.77. The molecule has 1 aromatic heterocycles. The van der Waals surface area contributed by atoms with Gasteiger partial charge in [0.15, 0.2) is 0 Å². The molecule has 0 bridgehead atoms. The Labute approximate surface area is 120 Å². The summed E-state index contributed by atoms with van der Waals surface area (Å²) >= 11 is 0. The smallest absolute Gasteiger partial charge is 0.144 e. The third-order valence-corrected chi connectivity index (χ3v) is 3.07. The molecule has 2 rings (SSSR count). The van der Waals surface area contributed by atoms with Crippen LogP contribution in [0.5, 0.6) is 5.75 Å². The zero-order valence-electron chi connectivity index (χ0n) is 12.5. The topological polar surface area (TPSA) is 47.0 Å². The monoisotopic (exact) mass is 271 g/mol. The Morgan fingerprint density at radius 1 is 1.05 bits per heavy atom. The standard InChI is InChI=1S/C16H21N3O/c1-16(2,3)12-5-7-14(8-6-12)20-11-13-9-19-15(17-4)10-18-13/h5-10H,11H2,1-4H3,(H,17,19). The van der Waals surface area contributed by atoms with Crippen LogP contribution in [0.15, 0.2) is 36.7 Å². The zero-order chi connectivity index (χ0) is 14.6. The first-order valence-electron chi connectivity index (χ1n) is 6.71. The summed E-state index contributed by atoms with van der Waals surface area (Å²) in [6, 6.07) is 8.20. The molecule has 0 aliphatic heterocycles. The van der Waals surface area contributed by atoms with Gasteiger partial charge in [0.1, 0.15) is 18.2 Å². The van der Waals surface area contributed by atoms with Crippen molar-refractivity contribution in [1.82, 2.24) is 9.97 Å². The van der Waals surface area contributed by atoms with Crippen LogP contribution in [0, 0.1) is 0 Å². The number of hydrogen-bond donors (Lipinski definition) is 1. The number of aromatic nitrogens is 2. The van der Waals surface area contributed by atoms with Gasteiger partial charge >= 0.3 is 0 Å². The van der Waals surface area contributed by atoms with Gasteiger partial charge in [-0.3, -0.25) is 4.98 Å². The second-order valence-electron chi connectivity index (χ2n) is 5.71. The average molecular weight is 271 g/mol. The molecule has 0 saturated carbocycles. The number of benzene rings is 1. The molecule has 0 aliphatic rings. The van der Waals surface area contributed by atoms with Crippen molar-refractivity contribution < 1.29 is 4.74 Å². The Balaban J connectivity index is 1.96. The minimum Gasteiger partial charge on any atom is -0.487 e. The minimum absolute atomic E-state index is 0.160. The summed E-state index contributed by atoms with van der Waals surface area (Å²) in [4.78, 5) is 8.47. The van der Waals surface area contributed by atoms with Crippen LogP contribution in [0.4, 0.5) is 5.82 Å². The van der Waals surface area contributed by atoms with Gasteiger partial charge in [0.25, 0.3) is 0 Å². The molecule has 1 aromatic carbocycles. The molecule has 2 aromatic rings. The Bertz CT molecular complexity index is 541. The molecule has 4 nitrogen and oxygen atoms in total. The van der Waals surface area contributed by atoms with Crippen LogP contribution in [0.3, 0.4) is 0 Å². The number of nitrogens with zero attached hydrogens (tertiary/aromatic N) is 2. The van der Waals surface area contributed by atoms with E-state index in [9.17, 15) is 0 Å². The molecule has 0 unspecified atom stereocenters. The van der Waals surface area contributed by atoms with E-state index in [0.29, 0.717) is 6.61 Å². The number of ether oxygens (including phenoxy) is 1. The Morgan fingerprint density at radius 2 is 1.75 bits per heavy atom. The molecule has 0 aliphatic carbocycles. The molecule has 0 atom stereocenters. The molecule has 1 N–H and O–H groups in total. The predicted octanol–water partition coefficient (Wildman–Crippen LogP) is 3.39. The Kier molecular flexibility index (Phi) is 4.23. The van der Waals surface area contributed by atoms with Crippen molar-refractivity contribution in [2.75, 3.05) is 12.4 Å². The first-order chi connectivity index (χ1) is 9.49. The fourth-order valence-electron chi connectivity index (χ4n) is 1.77. The highest BCUT2D eigenvalue weighted by Crippen LogP contribution is 2.24. The van der Waals surface area contributed by atoms with Gasteiger partial charge in [-0.1, -0.05) is 32.9 Å². The quantitative estimate of drug-likeness (QED) is 0.926. The second kappa shape index (κ2) is 5.90. The van der Waals surface area contributed by atoms with Crippen molar-refractivity contribution in [2.24, 2.45) is 0 Å². The second-order valence-corrected chi connectivity index (χ2v) is 5.71. The van der Waals surface area contributed by atoms with Gasteiger partial charge < -0.3 is 10.1 Å². The summed E-state index contributed by atoms with van der Waals surface area (Å²) in [7, 11) is 1.82. The van der Waals surface area contributed by atoms with Crippen LogP contribution in [-0.2, 0) is 12.0 Å². The van der Waals surface area contributed by atoms with E-state index in [1.807, 2.05) is 19.2 Å². The van der Waals surface area contributed by atoms with E-state index in [1.54, 1.807) is 12.4 Å². The first kappa shape index (κ1) is 14.3. The van der Waals surface area contributed by atoms with Crippen molar-refractivity contribution in [2.45, 2.75) is 32.8 Å². The lowest BCUT2D eigenvalue weighted by atomic mass is 9.87. The van der Waals surface area contributed by atoms with Crippen molar-refractivity contribution in [3.8, 4) is 5.75 Å². The molecule has 4 heteroatoms. The molecule has 0 saturated heterocycles. The largest absolute Gasteiger partial charge is 0.487 e. The van der Waals surface area contributed by atoms with Gasteiger partial charge in [-0.2, -0.15) is 0 Å². The lowest BCUT2D eigenvalue weighted by molar-refractivity contribution is 0.300. The number of hydrogen-bond acceptors (Lipinski definition) is 4. The highest BCUT2D eigenvalue weighted by Gasteiger charge is 2.12. The van der Waals surface area contributed by atoms with Crippen LogP contribution < -0.4 is 10.1 Å². The number of anilines is 1. The van der Waals surface area contributed by atoms with Gasteiger partial charge in [0.2, 0.25) is 0 Å². The molecule has 106 valence electrons. The van der Waals surface area contributed by atoms with E-state index in [-0.39, 0.29) is 5.41 Å². The Hall–Kier alpha value is -2.10. The van der Waals surface area contributed by atoms with Crippen LogP contribution in [0.1, 0.15) is 32.0 Å². The highest BCUT2D eigenvalue weighted by molar-refractivity contribution is 5.32. The SMILES string of the molecule is CNc1cnc(COc2ccc(C(C)(C)C)cc2)cn1. The summed E-state index contributed by atoms with van der Waals surface area (Å²) in [6.45, 7) is 7.01. The summed E-state index contributed by atoms with van der Waals surface area (Å²) < 4.78 is 5.71. The molecule has 0 amide bonds. The first-order valence-corrected chi connectivity index (χ1v) is 6.71. The molecule has 0 fully saturated rings. The maximum absolute atomic E-state index is 5.71. The lowest BCUT2D eigenvalue weighted by Crippen LogP contribution is -2.10. The van der Waals surface area contributed by atoms with Gasteiger partial charge in [0, 0.05) is 7.05 Å². The maximum Gasteiger partial charge on any atom is 0.144 e. The summed E-state index contributed by atoms with van der Waals surface area (Å²) in [5, 5.41) is 2.93. The third-order valence-electron chi connectivity index (χ3n) is 3.07. The van der Waals surface area contributed by atoms with E-state index in [0.717, 1.165) is 17.3 Å². The molecular formula is C16H21N3O. The predicted molar refractivity (Wildman–Crippen MR) is 81.1 cm³/mol. The lowest BCUT2D eigenvalue weighted by Gasteiger charge is -2.19. The van der Waals surface area contributed by atoms with Crippen molar-refractivity contribution in [1.29, 1.82) is 0 Å². The fraction of sp³-hybridized carbons (Fsp3) is 0.375. The Morgan fingerprint density at radius 3 is 2.25 bits per heavy atom. The van der Waals surface area contributed by atoms with Gasteiger partial charge in [0.05, 0.1) is 18.1 Å². The van der Waals surface area contributed by atoms with Gasteiger partial charge in [-0.15, -0.1) is 0 Å². The van der Waals surface area contributed by atoms with Gasteiger partial charge in [-0.25, -0.2) is 4.98 Å². The van der Waals surface area contributed by atoms with Crippen LogP contribution >= 0.6 is 0 Å². The van der Waals surface area contributed by atoms with E-state index in [2.05, 4.69) is 48.2 Å². The third kappa shape index (κ3) is 3.70. The summed E-state index contributed by atoms with van der Waals surface area (Å²) in [6.07, 6.45) is 3.41. The summed E-state index contributed by atoms with van der Waals surface area (Å²) in [5.74, 6) is 1.60. The van der Waals surface area contributed by atoms with E-state index in [4.69, 9.17) is 4.74 Å². The number of rotatable bonds is 4. The molecular weight excluding hydrogens is 250 g/mol. The molecule has 20 heavy (non-hydrogen) atoms. The van der Waals surface area contributed by atoms with E-state index >= 15 is 0 Å². The molecule has 0 radical (unpaired) electrons. The van der Waals surface area contributed by atoms with Crippen molar-refractivity contribution >= 4 is 5.82 Å². The van der Waals surface area contributed by atoms with E-state index in [1.165, 1.54) is 5.56 Å². The molecule has 0 spiro atoms. The van der Waals surface area contributed by atoms with Crippen LogP contribution in [-0.4, -0.2) is 17.0 Å². The highest BCUT2D eigenvalue weighted by atomic mass is 16.5. The van der Waals surface area contributed by atoms with Crippen molar-refractivity contribution in [3.05, 3.63) is 47.9 Å². The minimum atomic E-state index is 0.160. The maximum atomic E-state index is 5.71. The van der Waals surface area contributed by atoms with Crippen molar-refractivity contribution in [3.63, 3.8) is 0 Å². The zero-order valence-corrected chi connectivity index (χ0v) is 12.5. The average Bonchev–Trinajstić information content (AvgIpc) is 2.45. The van der Waals surface area contributed by atoms with E-state index < -0.39 is 0 Å².